The number of aryl methyl sites for hydroxylation is 1. The highest BCUT2D eigenvalue weighted by atomic mass is 16.5. The van der Waals surface area contributed by atoms with E-state index >= 15 is 0 Å². The first-order valence-electron chi connectivity index (χ1n) is 7.35. The standard InChI is InChI=1S/C15H25N3O/c1-5-16-10(3)13-9-17-15(18-11(13)4)14(19-6-2)12-7-8-12/h9-10,12,14,16H,5-8H2,1-4H3. The van der Waals surface area contributed by atoms with Crippen molar-refractivity contribution in [2.45, 2.75) is 52.7 Å². The summed E-state index contributed by atoms with van der Waals surface area (Å²) < 4.78 is 5.81. The predicted molar refractivity (Wildman–Crippen MR) is 76.0 cm³/mol. The molecule has 1 N–H and O–H groups in total. The maximum atomic E-state index is 5.81. The van der Waals surface area contributed by atoms with Gasteiger partial charge in [-0.05, 0) is 46.1 Å². The molecule has 4 nitrogen and oxygen atoms in total. The number of nitrogens with zero attached hydrogens (tertiary/aromatic N) is 2. The Kier molecular flexibility index (Phi) is 4.88. The Morgan fingerprint density at radius 3 is 2.68 bits per heavy atom. The number of aromatic nitrogens is 2. The maximum absolute atomic E-state index is 5.81. The van der Waals surface area contributed by atoms with Crippen molar-refractivity contribution < 1.29 is 4.74 Å². The Labute approximate surface area is 116 Å². The van der Waals surface area contributed by atoms with E-state index in [1.54, 1.807) is 0 Å². The van der Waals surface area contributed by atoms with Crippen molar-refractivity contribution in [1.29, 1.82) is 0 Å². The molecule has 1 aliphatic carbocycles. The van der Waals surface area contributed by atoms with E-state index in [1.165, 1.54) is 18.4 Å². The van der Waals surface area contributed by atoms with Crippen LogP contribution in [0.5, 0.6) is 0 Å². The summed E-state index contributed by atoms with van der Waals surface area (Å²) in [5.41, 5.74) is 2.24. The Hall–Kier alpha value is -1.00. The van der Waals surface area contributed by atoms with Crippen LogP contribution < -0.4 is 5.32 Å². The van der Waals surface area contributed by atoms with E-state index in [-0.39, 0.29) is 6.10 Å². The first kappa shape index (κ1) is 14.4. The Morgan fingerprint density at radius 1 is 1.42 bits per heavy atom. The highest BCUT2D eigenvalue weighted by Crippen LogP contribution is 2.42. The van der Waals surface area contributed by atoms with Crippen molar-refractivity contribution in [1.82, 2.24) is 15.3 Å². The molecule has 2 rings (SSSR count). The molecule has 0 bridgehead atoms. The van der Waals surface area contributed by atoms with E-state index in [4.69, 9.17) is 4.74 Å². The summed E-state index contributed by atoms with van der Waals surface area (Å²) in [7, 11) is 0. The van der Waals surface area contributed by atoms with Crippen molar-refractivity contribution in [2.24, 2.45) is 5.92 Å². The largest absolute Gasteiger partial charge is 0.370 e. The average molecular weight is 263 g/mol. The van der Waals surface area contributed by atoms with Gasteiger partial charge in [-0.15, -0.1) is 0 Å². The van der Waals surface area contributed by atoms with Crippen molar-refractivity contribution in [3.63, 3.8) is 0 Å². The van der Waals surface area contributed by atoms with Crippen LogP contribution in [0.25, 0.3) is 0 Å². The summed E-state index contributed by atoms with van der Waals surface area (Å²) in [5, 5.41) is 3.40. The van der Waals surface area contributed by atoms with Gasteiger partial charge in [0.25, 0.3) is 0 Å². The van der Waals surface area contributed by atoms with Crippen LogP contribution in [0.4, 0.5) is 0 Å². The second-order valence-corrected chi connectivity index (χ2v) is 5.26. The van der Waals surface area contributed by atoms with E-state index in [2.05, 4.69) is 36.1 Å². The van der Waals surface area contributed by atoms with Crippen LogP contribution in [-0.2, 0) is 4.74 Å². The molecule has 106 valence electrons. The number of hydrogen-bond donors (Lipinski definition) is 1. The third-order valence-corrected chi connectivity index (χ3v) is 3.66. The molecule has 0 radical (unpaired) electrons. The third kappa shape index (κ3) is 3.51. The number of rotatable bonds is 7. The van der Waals surface area contributed by atoms with Gasteiger partial charge in [0.1, 0.15) is 6.10 Å². The lowest BCUT2D eigenvalue weighted by molar-refractivity contribution is 0.0398. The first-order chi connectivity index (χ1) is 9.17. The molecular formula is C15H25N3O. The lowest BCUT2D eigenvalue weighted by Gasteiger charge is -2.18. The SMILES string of the molecule is CCNC(C)c1cnc(C(OCC)C2CC2)nc1C. The fourth-order valence-corrected chi connectivity index (χ4v) is 2.47. The molecule has 2 atom stereocenters. The molecule has 1 heterocycles. The van der Waals surface area contributed by atoms with E-state index in [0.717, 1.165) is 24.7 Å². The van der Waals surface area contributed by atoms with Crippen molar-refractivity contribution >= 4 is 0 Å². The van der Waals surface area contributed by atoms with Gasteiger partial charge in [0.15, 0.2) is 5.82 Å². The summed E-state index contributed by atoms with van der Waals surface area (Å²) >= 11 is 0. The van der Waals surface area contributed by atoms with Crippen LogP contribution in [0.1, 0.15) is 62.8 Å². The molecule has 1 fully saturated rings. The zero-order chi connectivity index (χ0) is 13.8. The van der Waals surface area contributed by atoms with E-state index in [1.807, 2.05) is 13.1 Å². The second-order valence-electron chi connectivity index (χ2n) is 5.26. The van der Waals surface area contributed by atoms with Crippen molar-refractivity contribution in [2.75, 3.05) is 13.2 Å². The lowest BCUT2D eigenvalue weighted by atomic mass is 10.1. The molecular weight excluding hydrogens is 238 g/mol. The summed E-state index contributed by atoms with van der Waals surface area (Å²) in [6, 6.07) is 0.297. The molecule has 4 heteroatoms. The minimum absolute atomic E-state index is 0.0900. The third-order valence-electron chi connectivity index (χ3n) is 3.66. The van der Waals surface area contributed by atoms with Gasteiger partial charge in [0, 0.05) is 30.1 Å². The minimum Gasteiger partial charge on any atom is -0.370 e. The van der Waals surface area contributed by atoms with Crippen LogP contribution in [0, 0.1) is 12.8 Å². The fraction of sp³-hybridized carbons (Fsp3) is 0.733. The average Bonchev–Trinajstić information content (AvgIpc) is 3.20. The smallest absolute Gasteiger partial charge is 0.157 e. The van der Waals surface area contributed by atoms with Crippen LogP contribution in [0.2, 0.25) is 0 Å². The molecule has 0 aromatic carbocycles. The summed E-state index contributed by atoms with van der Waals surface area (Å²) in [6.45, 7) is 10.0. The molecule has 1 aliphatic rings. The topological polar surface area (TPSA) is 47.0 Å². The highest BCUT2D eigenvalue weighted by Gasteiger charge is 2.35. The molecule has 0 amide bonds. The fourth-order valence-electron chi connectivity index (χ4n) is 2.47. The minimum atomic E-state index is 0.0900. The van der Waals surface area contributed by atoms with Gasteiger partial charge in [-0.2, -0.15) is 0 Å². The number of hydrogen-bond acceptors (Lipinski definition) is 4. The summed E-state index contributed by atoms with van der Waals surface area (Å²) in [4.78, 5) is 9.23. The predicted octanol–water partition coefficient (Wildman–Crippen LogP) is 2.94. The van der Waals surface area contributed by atoms with E-state index in [9.17, 15) is 0 Å². The van der Waals surface area contributed by atoms with Crippen LogP contribution >= 0.6 is 0 Å². The number of nitrogens with one attached hydrogen (secondary N) is 1. The maximum Gasteiger partial charge on any atom is 0.157 e. The number of ether oxygens (including phenoxy) is 1. The van der Waals surface area contributed by atoms with Gasteiger partial charge in [-0.25, -0.2) is 9.97 Å². The molecule has 1 aromatic heterocycles. The zero-order valence-electron chi connectivity index (χ0n) is 12.4. The molecule has 0 saturated heterocycles. The van der Waals surface area contributed by atoms with Crippen molar-refractivity contribution in [3.8, 4) is 0 Å². The van der Waals surface area contributed by atoms with Crippen LogP contribution in [-0.4, -0.2) is 23.1 Å². The van der Waals surface area contributed by atoms with Crippen molar-refractivity contribution in [3.05, 3.63) is 23.3 Å². The Morgan fingerprint density at radius 2 is 2.16 bits per heavy atom. The van der Waals surface area contributed by atoms with Gasteiger partial charge in [-0.3, -0.25) is 0 Å². The van der Waals surface area contributed by atoms with Gasteiger partial charge in [-0.1, -0.05) is 6.92 Å². The van der Waals surface area contributed by atoms with Crippen LogP contribution in [0.15, 0.2) is 6.20 Å². The second kappa shape index (κ2) is 6.44. The summed E-state index contributed by atoms with van der Waals surface area (Å²) in [6.07, 6.45) is 4.53. The first-order valence-corrected chi connectivity index (χ1v) is 7.35. The van der Waals surface area contributed by atoms with E-state index in [0.29, 0.717) is 12.0 Å². The Balaban J connectivity index is 2.17. The van der Waals surface area contributed by atoms with Gasteiger partial charge in [0.05, 0.1) is 0 Å². The monoisotopic (exact) mass is 263 g/mol. The zero-order valence-corrected chi connectivity index (χ0v) is 12.4. The quantitative estimate of drug-likeness (QED) is 0.821. The molecule has 2 unspecified atom stereocenters. The van der Waals surface area contributed by atoms with Gasteiger partial charge < -0.3 is 10.1 Å². The molecule has 1 saturated carbocycles. The lowest BCUT2D eigenvalue weighted by Crippen LogP contribution is -2.20. The Bertz CT molecular complexity index is 418. The molecule has 0 spiro atoms. The van der Waals surface area contributed by atoms with Crippen LogP contribution in [0.3, 0.4) is 0 Å². The van der Waals surface area contributed by atoms with Gasteiger partial charge in [0.2, 0.25) is 0 Å². The van der Waals surface area contributed by atoms with E-state index < -0.39 is 0 Å². The highest BCUT2D eigenvalue weighted by molar-refractivity contribution is 5.20. The molecule has 0 aliphatic heterocycles. The normalized spacial score (nSPS) is 18.3. The molecule has 19 heavy (non-hydrogen) atoms. The molecule has 1 aromatic rings. The summed E-state index contributed by atoms with van der Waals surface area (Å²) in [5.74, 6) is 1.48. The van der Waals surface area contributed by atoms with Gasteiger partial charge >= 0.3 is 0 Å².